The molecule has 3 aromatic heterocycles. The summed E-state index contributed by atoms with van der Waals surface area (Å²) in [5.74, 6) is 0. The van der Waals surface area contributed by atoms with Crippen molar-refractivity contribution in [1.82, 2.24) is 24.8 Å². The van der Waals surface area contributed by atoms with Crippen molar-refractivity contribution in [3.63, 3.8) is 0 Å². The molecule has 0 saturated carbocycles. The minimum absolute atomic E-state index is 0.708. The van der Waals surface area contributed by atoms with E-state index in [2.05, 4.69) is 51.6 Å². The summed E-state index contributed by atoms with van der Waals surface area (Å²) in [5, 5.41) is 17.9. The second-order valence-electron chi connectivity index (χ2n) is 6.63. The monoisotopic (exact) mass is 470 g/mol. The van der Waals surface area contributed by atoms with Gasteiger partial charge in [-0.1, -0.05) is 52.5 Å². The lowest BCUT2D eigenvalue weighted by Gasteiger charge is -2.05. The number of rotatable bonds is 5. The smallest absolute Gasteiger partial charge is 0.213 e. The average molecular weight is 471 g/mol. The molecule has 5 aromatic rings. The predicted molar refractivity (Wildman–Crippen MR) is 125 cm³/mol. The highest BCUT2D eigenvalue weighted by Gasteiger charge is 2.13. The summed E-state index contributed by atoms with van der Waals surface area (Å²) in [6.45, 7) is 4.20. The number of aromatic nitrogens is 5. The molecule has 0 spiro atoms. The lowest BCUT2D eigenvalue weighted by molar-refractivity contribution is 0.913. The Hall–Kier alpha value is -2.46. The molecule has 0 unspecified atom stereocenters. The van der Waals surface area contributed by atoms with Gasteiger partial charge in [-0.3, -0.25) is 0 Å². The lowest BCUT2D eigenvalue weighted by Crippen LogP contribution is -1.91. The van der Waals surface area contributed by atoms with E-state index in [1.165, 1.54) is 45.6 Å². The highest BCUT2D eigenvalue weighted by molar-refractivity contribution is 8.02. The van der Waals surface area contributed by atoms with Crippen LogP contribution in [0.15, 0.2) is 57.3 Å². The first-order valence-electron chi connectivity index (χ1n) is 9.01. The lowest BCUT2D eigenvalue weighted by atomic mass is 10.1. The van der Waals surface area contributed by atoms with E-state index in [-0.39, 0.29) is 0 Å². The number of imidazole rings is 1. The Morgan fingerprint density at radius 2 is 1.80 bits per heavy atom. The molecule has 0 atom stereocenters. The van der Waals surface area contributed by atoms with Crippen molar-refractivity contribution in [1.29, 1.82) is 0 Å². The fraction of sp³-hybridized carbons (Fsp3) is 0.100. The van der Waals surface area contributed by atoms with Gasteiger partial charge in [0.05, 0.1) is 11.9 Å². The topological polar surface area (TPSA) is 68.0 Å². The van der Waals surface area contributed by atoms with Crippen molar-refractivity contribution in [3.05, 3.63) is 64.8 Å². The molecule has 0 amide bonds. The number of aryl methyl sites for hydroxylation is 2. The third-order valence-corrected chi connectivity index (χ3v) is 7.62. The second-order valence-corrected chi connectivity index (χ2v) is 10.5. The van der Waals surface area contributed by atoms with Crippen molar-refractivity contribution in [2.45, 2.75) is 22.5 Å². The summed E-state index contributed by atoms with van der Waals surface area (Å²) in [5.41, 5.74) is 5.40. The van der Waals surface area contributed by atoms with E-state index < -0.39 is 0 Å². The molecular formula is C20H15ClN6S3. The van der Waals surface area contributed by atoms with Crippen LogP contribution in [0.5, 0.6) is 0 Å². The van der Waals surface area contributed by atoms with Crippen LogP contribution >= 0.6 is 46.0 Å². The molecule has 0 aliphatic heterocycles. The predicted octanol–water partition coefficient (Wildman–Crippen LogP) is 6.47. The molecule has 30 heavy (non-hydrogen) atoms. The van der Waals surface area contributed by atoms with Crippen molar-refractivity contribution >= 4 is 61.8 Å². The van der Waals surface area contributed by atoms with E-state index in [1.807, 2.05) is 36.5 Å². The van der Waals surface area contributed by atoms with Crippen LogP contribution in [-0.4, -0.2) is 24.8 Å². The van der Waals surface area contributed by atoms with Gasteiger partial charge < -0.3 is 5.32 Å². The summed E-state index contributed by atoms with van der Waals surface area (Å²) in [6.07, 6.45) is 1.92. The summed E-state index contributed by atoms with van der Waals surface area (Å²) in [6, 6.07) is 13.9. The van der Waals surface area contributed by atoms with Gasteiger partial charge in [0.25, 0.3) is 0 Å². The molecule has 0 bridgehead atoms. The molecule has 0 saturated heterocycles. The number of nitrogens with zero attached hydrogens (tertiary/aromatic N) is 5. The van der Waals surface area contributed by atoms with E-state index >= 15 is 0 Å². The minimum atomic E-state index is 0.708. The maximum atomic E-state index is 5.96. The molecule has 6 nitrogen and oxygen atoms in total. The molecule has 2 aromatic carbocycles. The van der Waals surface area contributed by atoms with Gasteiger partial charge >= 0.3 is 0 Å². The van der Waals surface area contributed by atoms with Crippen LogP contribution in [0.25, 0.3) is 16.2 Å². The molecule has 10 heteroatoms. The van der Waals surface area contributed by atoms with Crippen molar-refractivity contribution in [3.8, 4) is 11.3 Å². The summed E-state index contributed by atoms with van der Waals surface area (Å²) >= 11 is 10.5. The molecule has 1 N–H and O–H groups in total. The van der Waals surface area contributed by atoms with Crippen LogP contribution in [0.2, 0.25) is 5.02 Å². The Morgan fingerprint density at radius 1 is 0.967 bits per heavy atom. The van der Waals surface area contributed by atoms with Crippen LogP contribution in [0, 0.1) is 13.8 Å². The maximum Gasteiger partial charge on any atom is 0.213 e. The van der Waals surface area contributed by atoms with Crippen LogP contribution in [0.1, 0.15) is 11.1 Å². The van der Waals surface area contributed by atoms with E-state index in [0.717, 1.165) is 35.7 Å². The molecule has 3 heterocycles. The van der Waals surface area contributed by atoms with Gasteiger partial charge in [-0.2, -0.15) is 0 Å². The number of hydrogen-bond donors (Lipinski definition) is 1. The molecule has 0 aliphatic carbocycles. The first kappa shape index (κ1) is 19.5. The average Bonchev–Trinajstić information content (AvgIpc) is 3.41. The first-order chi connectivity index (χ1) is 14.5. The highest BCUT2D eigenvalue weighted by atomic mass is 35.5. The summed E-state index contributed by atoms with van der Waals surface area (Å²) in [4.78, 5) is 5.50. The van der Waals surface area contributed by atoms with Gasteiger partial charge in [-0.25, -0.2) is 9.50 Å². The Morgan fingerprint density at radius 3 is 2.57 bits per heavy atom. The quantitative estimate of drug-likeness (QED) is 0.317. The Balaban J connectivity index is 1.30. The van der Waals surface area contributed by atoms with Crippen LogP contribution in [0.4, 0.5) is 10.8 Å². The van der Waals surface area contributed by atoms with Crippen molar-refractivity contribution < 1.29 is 0 Å². The molecule has 0 aliphatic rings. The zero-order valence-electron chi connectivity index (χ0n) is 16.0. The SMILES string of the molecule is Cc1ccc(Nc2nnc(Sc3nn4cc(-c5ccc(Cl)cc5)nc4s3)s2)cc1C. The van der Waals surface area contributed by atoms with Crippen molar-refractivity contribution in [2.24, 2.45) is 0 Å². The highest BCUT2D eigenvalue weighted by Crippen LogP contribution is 2.36. The van der Waals surface area contributed by atoms with Gasteiger partial charge in [0.1, 0.15) is 0 Å². The largest absolute Gasteiger partial charge is 0.330 e. The number of halogens is 1. The summed E-state index contributed by atoms with van der Waals surface area (Å²) < 4.78 is 3.50. The first-order valence-corrected chi connectivity index (χ1v) is 11.8. The molecular weight excluding hydrogens is 456 g/mol. The normalized spacial score (nSPS) is 11.3. The van der Waals surface area contributed by atoms with Gasteiger partial charge in [-0.15, -0.1) is 15.3 Å². The fourth-order valence-electron chi connectivity index (χ4n) is 2.80. The molecule has 5 rings (SSSR count). The standard InChI is InChI=1S/C20H15ClN6S3/c1-11-3-8-15(9-12(11)2)22-17-24-25-19(28-17)30-20-26-27-10-16(23-18(27)29-20)13-4-6-14(21)7-5-13/h3-10H,1-2H3,(H,22,24). The zero-order chi connectivity index (χ0) is 20.7. The van der Waals surface area contributed by atoms with E-state index in [9.17, 15) is 0 Å². The minimum Gasteiger partial charge on any atom is -0.330 e. The van der Waals surface area contributed by atoms with Crippen LogP contribution in [-0.2, 0) is 0 Å². The zero-order valence-corrected chi connectivity index (χ0v) is 19.2. The number of anilines is 2. The third-order valence-electron chi connectivity index (χ3n) is 4.50. The van der Waals surface area contributed by atoms with Crippen LogP contribution in [0.3, 0.4) is 0 Å². The third kappa shape index (κ3) is 4.06. The second kappa shape index (κ2) is 7.99. The van der Waals surface area contributed by atoms with E-state index in [4.69, 9.17) is 11.6 Å². The number of hydrogen-bond acceptors (Lipinski definition) is 8. The molecule has 0 radical (unpaired) electrons. The maximum absolute atomic E-state index is 5.96. The van der Waals surface area contributed by atoms with Crippen molar-refractivity contribution in [2.75, 3.05) is 5.32 Å². The van der Waals surface area contributed by atoms with Gasteiger partial charge in [0, 0.05) is 16.3 Å². The number of fused-ring (bicyclic) bond motifs is 1. The Bertz CT molecular complexity index is 1310. The fourth-order valence-corrected chi connectivity index (χ4v) is 5.83. The Labute approximate surface area is 190 Å². The number of nitrogens with one attached hydrogen (secondary N) is 1. The molecule has 0 fully saturated rings. The van der Waals surface area contributed by atoms with Gasteiger partial charge in [0.15, 0.2) is 8.68 Å². The summed E-state index contributed by atoms with van der Waals surface area (Å²) in [7, 11) is 0. The van der Waals surface area contributed by atoms with E-state index in [0.29, 0.717) is 5.02 Å². The number of benzene rings is 2. The Kier molecular flexibility index (Phi) is 5.20. The molecule has 150 valence electrons. The van der Waals surface area contributed by atoms with Gasteiger partial charge in [-0.05, 0) is 61.0 Å². The van der Waals surface area contributed by atoms with Crippen LogP contribution < -0.4 is 5.32 Å². The van der Waals surface area contributed by atoms with E-state index in [1.54, 1.807) is 4.52 Å². The van der Waals surface area contributed by atoms with Gasteiger partial charge in [0.2, 0.25) is 10.1 Å².